The van der Waals surface area contributed by atoms with Crippen LogP contribution in [0.1, 0.15) is 15.9 Å². The van der Waals surface area contributed by atoms with Crippen molar-refractivity contribution >= 4 is 23.5 Å². The van der Waals surface area contributed by atoms with E-state index in [-0.39, 0.29) is 24.1 Å². The summed E-state index contributed by atoms with van der Waals surface area (Å²) in [7, 11) is 3.07. The number of ketones is 1. The maximum atomic E-state index is 12.8. The van der Waals surface area contributed by atoms with Crippen molar-refractivity contribution in [2.75, 3.05) is 39.4 Å². The van der Waals surface area contributed by atoms with Gasteiger partial charge >= 0.3 is 0 Å². The Bertz CT molecular complexity index is 1360. The van der Waals surface area contributed by atoms with Gasteiger partial charge in [0.2, 0.25) is 5.78 Å². The number of rotatable bonds is 7. The van der Waals surface area contributed by atoms with Crippen molar-refractivity contribution in [3.63, 3.8) is 0 Å². The topological polar surface area (TPSA) is 102 Å². The van der Waals surface area contributed by atoms with Crippen LogP contribution in [-0.2, 0) is 4.79 Å². The molecular formula is C27H23NO8. The number of para-hydroxylation sites is 1. The van der Waals surface area contributed by atoms with Gasteiger partial charge in [-0.25, -0.2) is 0 Å². The molecule has 1 amide bonds. The standard InChI is InChI=1S/C27H23NO8/c1-31-21-5-3-4-16(27(21)32-2)12-24-26(30)19-8-7-18(14-22(19)36-24)35-15-25(29)28-17-6-9-20-23(13-17)34-11-10-33-20/h3-9,12-14H,10-11,15H2,1-2H3,(H,28,29)/b24-12-. The molecule has 0 fully saturated rings. The van der Waals surface area contributed by atoms with Crippen LogP contribution in [0.2, 0.25) is 0 Å². The summed E-state index contributed by atoms with van der Waals surface area (Å²) in [4.78, 5) is 25.2. The van der Waals surface area contributed by atoms with Crippen molar-refractivity contribution in [2.24, 2.45) is 0 Å². The van der Waals surface area contributed by atoms with Gasteiger partial charge in [0.05, 0.1) is 19.8 Å². The molecule has 9 nitrogen and oxygen atoms in total. The van der Waals surface area contributed by atoms with Crippen molar-refractivity contribution in [1.29, 1.82) is 0 Å². The third-order valence-corrected chi connectivity index (χ3v) is 5.56. The van der Waals surface area contributed by atoms with Gasteiger partial charge in [-0.3, -0.25) is 9.59 Å². The molecule has 184 valence electrons. The van der Waals surface area contributed by atoms with E-state index in [1.807, 2.05) is 0 Å². The number of Topliss-reactive ketones (excluding diaryl/α,β-unsaturated/α-hetero) is 1. The summed E-state index contributed by atoms with van der Waals surface area (Å²) in [6.07, 6.45) is 1.60. The summed E-state index contributed by atoms with van der Waals surface area (Å²) in [5.74, 6) is 2.51. The van der Waals surface area contributed by atoms with Crippen LogP contribution in [0.3, 0.4) is 0 Å². The molecule has 5 rings (SSSR count). The molecule has 0 spiro atoms. The van der Waals surface area contributed by atoms with E-state index < -0.39 is 0 Å². The maximum Gasteiger partial charge on any atom is 0.262 e. The maximum absolute atomic E-state index is 12.8. The van der Waals surface area contributed by atoms with E-state index in [9.17, 15) is 9.59 Å². The fraction of sp³-hybridized carbons (Fsp3) is 0.185. The van der Waals surface area contributed by atoms with E-state index in [0.717, 1.165) is 0 Å². The van der Waals surface area contributed by atoms with Gasteiger partial charge in [-0.1, -0.05) is 12.1 Å². The number of hydrogen-bond acceptors (Lipinski definition) is 8. The lowest BCUT2D eigenvalue weighted by atomic mass is 10.1. The zero-order chi connectivity index (χ0) is 25.1. The first-order valence-electron chi connectivity index (χ1n) is 11.2. The summed E-state index contributed by atoms with van der Waals surface area (Å²) in [5, 5.41) is 2.76. The summed E-state index contributed by atoms with van der Waals surface area (Å²) < 4.78 is 33.2. The molecule has 0 atom stereocenters. The number of anilines is 1. The van der Waals surface area contributed by atoms with E-state index in [2.05, 4.69) is 5.32 Å². The number of carbonyl (C=O) groups excluding carboxylic acids is 2. The fourth-order valence-electron chi connectivity index (χ4n) is 3.89. The zero-order valence-corrected chi connectivity index (χ0v) is 19.7. The van der Waals surface area contributed by atoms with Gasteiger partial charge in [-0.05, 0) is 36.4 Å². The van der Waals surface area contributed by atoms with E-state index >= 15 is 0 Å². The van der Waals surface area contributed by atoms with Crippen molar-refractivity contribution in [1.82, 2.24) is 0 Å². The van der Waals surface area contributed by atoms with Crippen molar-refractivity contribution < 1.29 is 38.0 Å². The number of hydrogen-bond donors (Lipinski definition) is 1. The largest absolute Gasteiger partial charge is 0.493 e. The zero-order valence-electron chi connectivity index (χ0n) is 19.7. The van der Waals surface area contributed by atoms with Crippen molar-refractivity contribution in [3.8, 4) is 34.5 Å². The van der Waals surface area contributed by atoms with Crippen LogP contribution < -0.4 is 33.7 Å². The molecule has 9 heteroatoms. The molecule has 0 aliphatic carbocycles. The monoisotopic (exact) mass is 489 g/mol. The van der Waals surface area contributed by atoms with Gasteiger partial charge in [0.25, 0.3) is 5.91 Å². The van der Waals surface area contributed by atoms with Crippen LogP contribution in [0, 0.1) is 0 Å². The molecular weight excluding hydrogens is 466 g/mol. The predicted molar refractivity (Wildman–Crippen MR) is 130 cm³/mol. The van der Waals surface area contributed by atoms with Gasteiger partial charge in [0.1, 0.15) is 24.7 Å². The Morgan fingerprint density at radius 1 is 0.972 bits per heavy atom. The number of methoxy groups -OCH3 is 2. The third kappa shape index (κ3) is 4.63. The molecule has 0 unspecified atom stereocenters. The number of ether oxygens (including phenoxy) is 6. The highest BCUT2D eigenvalue weighted by Crippen LogP contribution is 2.38. The Morgan fingerprint density at radius 2 is 1.81 bits per heavy atom. The van der Waals surface area contributed by atoms with Crippen LogP contribution in [0.15, 0.2) is 60.4 Å². The summed E-state index contributed by atoms with van der Waals surface area (Å²) >= 11 is 0. The Hall–Kier alpha value is -4.66. The molecule has 0 saturated carbocycles. The highest BCUT2D eigenvalue weighted by atomic mass is 16.6. The molecule has 0 aromatic heterocycles. The average molecular weight is 489 g/mol. The lowest BCUT2D eigenvalue weighted by Crippen LogP contribution is -2.20. The smallest absolute Gasteiger partial charge is 0.262 e. The second-order valence-electron chi connectivity index (χ2n) is 7.88. The van der Waals surface area contributed by atoms with Gasteiger partial charge in [-0.15, -0.1) is 0 Å². The minimum atomic E-state index is -0.352. The Morgan fingerprint density at radius 3 is 2.61 bits per heavy atom. The van der Waals surface area contributed by atoms with Crippen molar-refractivity contribution in [3.05, 3.63) is 71.5 Å². The lowest BCUT2D eigenvalue weighted by Gasteiger charge is -2.19. The normalized spacial score (nSPS) is 14.6. The first kappa shape index (κ1) is 23.1. The number of carbonyl (C=O) groups is 2. The van der Waals surface area contributed by atoms with Gasteiger partial charge in [-0.2, -0.15) is 0 Å². The molecule has 2 aliphatic rings. The van der Waals surface area contributed by atoms with E-state index in [0.29, 0.717) is 64.5 Å². The van der Waals surface area contributed by atoms with Gasteiger partial charge in [0, 0.05) is 23.4 Å². The molecule has 0 bridgehead atoms. The van der Waals surface area contributed by atoms with Gasteiger partial charge in [0.15, 0.2) is 35.4 Å². The number of fused-ring (bicyclic) bond motifs is 2. The minimum Gasteiger partial charge on any atom is -0.493 e. The minimum absolute atomic E-state index is 0.144. The Balaban J connectivity index is 1.24. The quantitative estimate of drug-likeness (QED) is 0.495. The second-order valence-corrected chi connectivity index (χ2v) is 7.88. The summed E-state index contributed by atoms with van der Waals surface area (Å²) in [6.45, 7) is 0.723. The predicted octanol–water partition coefficient (Wildman–Crippen LogP) is 4.11. The van der Waals surface area contributed by atoms with Gasteiger partial charge < -0.3 is 33.7 Å². The molecule has 36 heavy (non-hydrogen) atoms. The Labute approximate surface area is 207 Å². The van der Waals surface area contributed by atoms with Crippen LogP contribution in [-0.4, -0.2) is 45.7 Å². The van der Waals surface area contributed by atoms with E-state index in [1.54, 1.807) is 67.8 Å². The van der Waals surface area contributed by atoms with Crippen LogP contribution in [0.5, 0.6) is 34.5 Å². The van der Waals surface area contributed by atoms with Crippen LogP contribution in [0.4, 0.5) is 5.69 Å². The molecule has 2 heterocycles. The third-order valence-electron chi connectivity index (χ3n) is 5.56. The van der Waals surface area contributed by atoms with E-state index in [1.165, 1.54) is 7.11 Å². The van der Waals surface area contributed by atoms with E-state index in [4.69, 9.17) is 28.4 Å². The first-order valence-corrected chi connectivity index (χ1v) is 11.2. The lowest BCUT2D eigenvalue weighted by molar-refractivity contribution is -0.118. The van der Waals surface area contributed by atoms with Crippen LogP contribution >= 0.6 is 0 Å². The number of allylic oxidation sites excluding steroid dienone is 1. The number of benzene rings is 3. The number of nitrogens with one attached hydrogen (secondary N) is 1. The fourth-order valence-corrected chi connectivity index (χ4v) is 3.89. The van der Waals surface area contributed by atoms with Crippen LogP contribution in [0.25, 0.3) is 6.08 Å². The molecule has 2 aliphatic heterocycles. The average Bonchev–Trinajstić information content (AvgIpc) is 3.21. The molecule has 0 radical (unpaired) electrons. The first-order chi connectivity index (χ1) is 17.6. The second kappa shape index (κ2) is 9.91. The highest BCUT2D eigenvalue weighted by Gasteiger charge is 2.28. The molecule has 0 saturated heterocycles. The molecule has 3 aromatic rings. The highest BCUT2D eigenvalue weighted by molar-refractivity contribution is 6.14. The SMILES string of the molecule is COc1cccc(/C=C2\Oc3cc(OCC(=O)Nc4ccc5c(c4)OCCO5)ccc3C2=O)c1OC. The summed E-state index contributed by atoms with van der Waals surface area (Å²) in [6, 6.07) is 15.3. The molecule has 1 N–H and O–H groups in total. The summed E-state index contributed by atoms with van der Waals surface area (Å²) in [5.41, 5.74) is 1.61. The Kier molecular flexibility index (Phi) is 6.36. The number of amides is 1. The van der Waals surface area contributed by atoms with Crippen molar-refractivity contribution in [2.45, 2.75) is 0 Å². The molecule has 3 aromatic carbocycles.